The zero-order valence-electron chi connectivity index (χ0n) is 11.5. The number of ether oxygens (including phenoxy) is 1. The van der Waals surface area contributed by atoms with Crippen molar-refractivity contribution in [2.75, 3.05) is 12.5 Å². The van der Waals surface area contributed by atoms with Gasteiger partial charge in [0, 0.05) is 36.7 Å². The van der Waals surface area contributed by atoms with E-state index in [1.165, 1.54) is 6.07 Å². The van der Waals surface area contributed by atoms with Gasteiger partial charge in [0.2, 0.25) is 0 Å². The van der Waals surface area contributed by atoms with Crippen molar-refractivity contribution < 1.29 is 9.13 Å². The third kappa shape index (κ3) is 5.09. The number of aromatic nitrogens is 1. The van der Waals surface area contributed by atoms with Crippen molar-refractivity contribution in [1.82, 2.24) is 4.98 Å². The molecule has 0 aliphatic rings. The smallest absolute Gasteiger partial charge is 0.142 e. The van der Waals surface area contributed by atoms with Crippen LogP contribution >= 0.6 is 11.6 Å². The molecular weight excluding hydrogens is 289 g/mol. The number of rotatable bonds is 5. The molecule has 0 spiro atoms. The molecule has 108 valence electrons. The fourth-order valence-corrected chi connectivity index (χ4v) is 1.81. The molecule has 0 N–H and O–H groups in total. The van der Waals surface area contributed by atoms with Crippen molar-refractivity contribution in [3.05, 3.63) is 59.7 Å². The first-order chi connectivity index (χ1) is 10.3. The van der Waals surface area contributed by atoms with Crippen molar-refractivity contribution in [2.45, 2.75) is 12.8 Å². The van der Waals surface area contributed by atoms with Gasteiger partial charge < -0.3 is 4.74 Å². The molecule has 0 amide bonds. The fourth-order valence-electron chi connectivity index (χ4n) is 1.71. The van der Waals surface area contributed by atoms with Crippen LogP contribution in [0.3, 0.4) is 0 Å². The Labute approximate surface area is 128 Å². The summed E-state index contributed by atoms with van der Waals surface area (Å²) in [4.78, 5) is 4.20. The lowest BCUT2D eigenvalue weighted by molar-refractivity contribution is 0.319. The second kappa shape index (κ2) is 8.28. The third-order valence-corrected chi connectivity index (χ3v) is 2.93. The SMILES string of the molecule is Fc1cc(OCCc2ccccn2)ccc1C#CCCCl. The van der Waals surface area contributed by atoms with Gasteiger partial charge >= 0.3 is 0 Å². The van der Waals surface area contributed by atoms with Crippen LogP contribution < -0.4 is 4.74 Å². The topological polar surface area (TPSA) is 22.1 Å². The zero-order chi connectivity index (χ0) is 14.9. The van der Waals surface area contributed by atoms with Crippen LogP contribution in [-0.2, 0) is 6.42 Å². The summed E-state index contributed by atoms with van der Waals surface area (Å²) in [5, 5.41) is 0. The van der Waals surface area contributed by atoms with E-state index in [0.717, 1.165) is 5.69 Å². The first-order valence-electron chi connectivity index (χ1n) is 6.66. The minimum atomic E-state index is -0.382. The van der Waals surface area contributed by atoms with Crippen molar-refractivity contribution in [3.63, 3.8) is 0 Å². The minimum Gasteiger partial charge on any atom is -0.493 e. The average Bonchev–Trinajstić information content (AvgIpc) is 2.51. The molecule has 0 atom stereocenters. The van der Waals surface area contributed by atoms with Crippen LogP contribution in [0.15, 0.2) is 42.6 Å². The van der Waals surface area contributed by atoms with Crippen LogP contribution in [0.4, 0.5) is 4.39 Å². The number of alkyl halides is 1. The fraction of sp³-hybridized carbons (Fsp3) is 0.235. The van der Waals surface area contributed by atoms with Gasteiger partial charge in [0.05, 0.1) is 12.2 Å². The van der Waals surface area contributed by atoms with Crippen LogP contribution in [0, 0.1) is 17.7 Å². The third-order valence-electron chi connectivity index (χ3n) is 2.74. The van der Waals surface area contributed by atoms with Crippen molar-refractivity contribution in [2.24, 2.45) is 0 Å². The van der Waals surface area contributed by atoms with Gasteiger partial charge in [0.25, 0.3) is 0 Å². The Bertz CT molecular complexity index is 634. The molecule has 0 aliphatic heterocycles. The van der Waals surface area contributed by atoms with E-state index in [-0.39, 0.29) is 5.82 Å². The Morgan fingerprint density at radius 3 is 2.86 bits per heavy atom. The van der Waals surface area contributed by atoms with Gasteiger partial charge in [-0.2, -0.15) is 0 Å². The number of benzene rings is 1. The number of nitrogens with zero attached hydrogens (tertiary/aromatic N) is 1. The number of pyridine rings is 1. The summed E-state index contributed by atoms with van der Waals surface area (Å²) in [5.41, 5.74) is 1.30. The predicted octanol–water partition coefficient (Wildman–Crippen LogP) is 3.82. The summed E-state index contributed by atoms with van der Waals surface area (Å²) in [6.45, 7) is 0.452. The van der Waals surface area contributed by atoms with Gasteiger partial charge in [0.15, 0.2) is 0 Å². The van der Waals surface area contributed by atoms with Crippen LogP contribution in [0.2, 0.25) is 0 Å². The first-order valence-corrected chi connectivity index (χ1v) is 7.20. The second-order valence-electron chi connectivity index (χ2n) is 4.30. The number of halogens is 2. The largest absolute Gasteiger partial charge is 0.493 e. The maximum absolute atomic E-state index is 13.8. The van der Waals surface area contributed by atoms with E-state index in [4.69, 9.17) is 16.3 Å². The Morgan fingerprint density at radius 2 is 2.14 bits per heavy atom. The lowest BCUT2D eigenvalue weighted by atomic mass is 10.2. The van der Waals surface area contributed by atoms with E-state index < -0.39 is 0 Å². The highest BCUT2D eigenvalue weighted by molar-refractivity contribution is 6.18. The molecule has 1 aromatic carbocycles. The number of hydrogen-bond acceptors (Lipinski definition) is 2. The Kier molecular flexibility index (Phi) is 6.05. The highest BCUT2D eigenvalue weighted by Gasteiger charge is 2.02. The standard InChI is InChI=1S/C17H15ClFNO/c18-10-3-1-5-14-7-8-16(13-17(14)19)21-12-9-15-6-2-4-11-20-15/h2,4,6-8,11,13H,3,9-10,12H2. The summed E-state index contributed by atoms with van der Waals surface area (Å²) in [6.07, 6.45) is 2.96. The van der Waals surface area contributed by atoms with Crippen LogP contribution in [-0.4, -0.2) is 17.5 Å². The van der Waals surface area contributed by atoms with Gasteiger partial charge in [-0.3, -0.25) is 4.98 Å². The molecule has 21 heavy (non-hydrogen) atoms. The summed E-state index contributed by atoms with van der Waals surface area (Å²) in [5.74, 6) is 6.11. The molecule has 2 nitrogen and oxygen atoms in total. The average molecular weight is 304 g/mol. The molecule has 0 bridgehead atoms. The minimum absolute atomic E-state index is 0.359. The van der Waals surface area contributed by atoms with Gasteiger partial charge in [-0.25, -0.2) is 4.39 Å². The zero-order valence-corrected chi connectivity index (χ0v) is 12.2. The Hall–Kier alpha value is -2.05. The lowest BCUT2D eigenvalue weighted by Crippen LogP contribution is -2.03. The predicted molar refractivity (Wildman–Crippen MR) is 82.1 cm³/mol. The number of hydrogen-bond donors (Lipinski definition) is 0. The van der Waals surface area contributed by atoms with E-state index in [0.29, 0.717) is 36.6 Å². The molecule has 4 heteroatoms. The summed E-state index contributed by atoms with van der Waals surface area (Å²) in [7, 11) is 0. The van der Waals surface area contributed by atoms with Crippen molar-refractivity contribution in [3.8, 4) is 17.6 Å². The normalized spacial score (nSPS) is 9.81. The maximum atomic E-state index is 13.8. The molecule has 2 rings (SSSR count). The first kappa shape index (κ1) is 15.3. The monoisotopic (exact) mass is 303 g/mol. The molecule has 1 heterocycles. The molecule has 2 aromatic rings. The molecule has 0 saturated carbocycles. The van der Waals surface area contributed by atoms with E-state index in [9.17, 15) is 4.39 Å². The van der Waals surface area contributed by atoms with Crippen LogP contribution in [0.25, 0.3) is 0 Å². The second-order valence-corrected chi connectivity index (χ2v) is 4.68. The van der Waals surface area contributed by atoms with E-state index >= 15 is 0 Å². The van der Waals surface area contributed by atoms with Crippen molar-refractivity contribution in [1.29, 1.82) is 0 Å². The van der Waals surface area contributed by atoms with Gasteiger partial charge in [-0.15, -0.1) is 11.6 Å². The summed E-state index contributed by atoms with van der Waals surface area (Å²) < 4.78 is 19.3. The van der Waals surface area contributed by atoms with Crippen LogP contribution in [0.5, 0.6) is 5.75 Å². The van der Waals surface area contributed by atoms with E-state index in [1.807, 2.05) is 18.2 Å². The highest BCUT2D eigenvalue weighted by Crippen LogP contribution is 2.16. The highest BCUT2D eigenvalue weighted by atomic mass is 35.5. The molecule has 0 unspecified atom stereocenters. The summed E-state index contributed by atoms with van der Waals surface area (Å²) in [6, 6.07) is 10.4. The van der Waals surface area contributed by atoms with Gasteiger partial charge in [0.1, 0.15) is 11.6 Å². The van der Waals surface area contributed by atoms with Crippen molar-refractivity contribution >= 4 is 11.6 Å². The molecule has 0 radical (unpaired) electrons. The van der Waals surface area contributed by atoms with E-state index in [2.05, 4.69) is 16.8 Å². The molecular formula is C17H15ClFNO. The summed E-state index contributed by atoms with van der Waals surface area (Å²) >= 11 is 5.52. The van der Waals surface area contributed by atoms with Gasteiger partial charge in [-0.1, -0.05) is 17.9 Å². The Morgan fingerprint density at radius 1 is 1.24 bits per heavy atom. The van der Waals surface area contributed by atoms with Crippen LogP contribution in [0.1, 0.15) is 17.7 Å². The quantitative estimate of drug-likeness (QED) is 0.619. The van der Waals surface area contributed by atoms with Gasteiger partial charge in [-0.05, 0) is 24.3 Å². The Balaban J connectivity index is 1.90. The molecule has 0 fully saturated rings. The molecule has 0 aliphatic carbocycles. The molecule has 1 aromatic heterocycles. The maximum Gasteiger partial charge on any atom is 0.142 e. The van der Waals surface area contributed by atoms with E-state index in [1.54, 1.807) is 18.3 Å². The molecule has 0 saturated heterocycles. The lowest BCUT2D eigenvalue weighted by Gasteiger charge is -2.06.